The van der Waals surface area contributed by atoms with Crippen LogP contribution in [0.3, 0.4) is 0 Å². The van der Waals surface area contributed by atoms with Crippen LogP contribution in [0.15, 0.2) is 42.6 Å². The second-order valence-corrected chi connectivity index (χ2v) is 3.66. The molecule has 0 saturated carbocycles. The zero-order valence-corrected chi connectivity index (χ0v) is 8.62. The first kappa shape index (κ1) is 9.22. The second kappa shape index (κ2) is 3.81. The van der Waals surface area contributed by atoms with Gasteiger partial charge in [0.25, 0.3) is 0 Å². The van der Waals surface area contributed by atoms with Crippen molar-refractivity contribution in [2.24, 2.45) is 0 Å². The van der Waals surface area contributed by atoms with Crippen LogP contribution in [0, 0.1) is 6.92 Å². The fraction of sp³-hybridized carbons (Fsp3) is 0.0833. The van der Waals surface area contributed by atoms with Crippen molar-refractivity contribution in [3.05, 3.63) is 53.2 Å². The van der Waals surface area contributed by atoms with E-state index in [1.807, 2.05) is 18.2 Å². The van der Waals surface area contributed by atoms with E-state index in [0.29, 0.717) is 0 Å². The summed E-state index contributed by atoms with van der Waals surface area (Å²) in [5.74, 6) is 0. The van der Waals surface area contributed by atoms with Crippen LogP contribution in [0.25, 0.3) is 11.3 Å². The van der Waals surface area contributed by atoms with Crippen LogP contribution >= 0.6 is 11.6 Å². The Labute approximate surface area is 88.4 Å². The molecule has 1 aromatic carbocycles. The van der Waals surface area contributed by atoms with Gasteiger partial charge in [-0.15, -0.1) is 0 Å². The van der Waals surface area contributed by atoms with E-state index in [1.165, 1.54) is 5.56 Å². The third-order valence-corrected chi connectivity index (χ3v) is 2.30. The summed E-state index contributed by atoms with van der Waals surface area (Å²) in [7, 11) is 0. The Morgan fingerprint density at radius 2 is 1.79 bits per heavy atom. The van der Waals surface area contributed by atoms with E-state index < -0.39 is 0 Å². The summed E-state index contributed by atoms with van der Waals surface area (Å²) in [6.07, 6.45) is 1.72. The van der Waals surface area contributed by atoms with Crippen LogP contribution in [0.1, 0.15) is 5.56 Å². The monoisotopic (exact) mass is 203 g/mol. The van der Waals surface area contributed by atoms with Crippen LogP contribution in [-0.4, -0.2) is 4.98 Å². The molecule has 0 unspecified atom stereocenters. The molecule has 0 N–H and O–H groups in total. The molecule has 0 aliphatic carbocycles. The maximum absolute atomic E-state index is 5.89. The highest BCUT2D eigenvalue weighted by Gasteiger charge is 1.98. The first-order chi connectivity index (χ1) is 6.75. The van der Waals surface area contributed by atoms with Gasteiger partial charge in [0, 0.05) is 16.8 Å². The van der Waals surface area contributed by atoms with Gasteiger partial charge < -0.3 is 0 Å². The van der Waals surface area contributed by atoms with Crippen molar-refractivity contribution in [3.8, 4) is 11.3 Å². The molecule has 0 spiro atoms. The molecule has 2 aromatic rings. The Morgan fingerprint density at radius 1 is 1.07 bits per heavy atom. The zero-order valence-electron chi connectivity index (χ0n) is 7.87. The van der Waals surface area contributed by atoms with Gasteiger partial charge in [0.05, 0.1) is 5.69 Å². The molecule has 1 heterocycles. The summed E-state index contributed by atoms with van der Waals surface area (Å²) >= 11 is 5.89. The van der Waals surface area contributed by atoms with Crippen LogP contribution in [0.2, 0.25) is 5.02 Å². The Balaban J connectivity index is 2.44. The number of halogens is 1. The Hall–Kier alpha value is -1.34. The van der Waals surface area contributed by atoms with Crippen molar-refractivity contribution < 1.29 is 0 Å². The largest absolute Gasteiger partial charge is 0.256 e. The summed E-state index contributed by atoms with van der Waals surface area (Å²) in [5, 5.41) is 0.718. The lowest BCUT2D eigenvalue weighted by atomic mass is 10.1. The van der Waals surface area contributed by atoms with Gasteiger partial charge in [0.1, 0.15) is 0 Å². The smallest absolute Gasteiger partial charge is 0.0716 e. The fourth-order valence-corrected chi connectivity index (χ4v) is 1.45. The average molecular weight is 204 g/mol. The van der Waals surface area contributed by atoms with Crippen LogP contribution < -0.4 is 0 Å². The highest BCUT2D eigenvalue weighted by atomic mass is 35.5. The van der Waals surface area contributed by atoms with E-state index in [9.17, 15) is 0 Å². The van der Waals surface area contributed by atoms with E-state index in [2.05, 4.69) is 24.0 Å². The normalized spacial score (nSPS) is 10.1. The lowest BCUT2D eigenvalue weighted by molar-refractivity contribution is 1.32. The minimum Gasteiger partial charge on any atom is -0.256 e. The quantitative estimate of drug-likeness (QED) is 0.689. The lowest BCUT2D eigenvalue weighted by Crippen LogP contribution is -1.82. The van der Waals surface area contributed by atoms with Gasteiger partial charge in [-0.2, -0.15) is 0 Å². The number of rotatable bonds is 1. The topological polar surface area (TPSA) is 12.9 Å². The zero-order chi connectivity index (χ0) is 9.97. The number of pyridine rings is 1. The van der Waals surface area contributed by atoms with Gasteiger partial charge in [-0.25, -0.2) is 0 Å². The molecular formula is C12H10ClN. The molecule has 0 aliphatic heterocycles. The molecule has 2 heteroatoms. The number of aryl methyl sites for hydroxylation is 1. The minimum absolute atomic E-state index is 0.718. The van der Waals surface area contributed by atoms with Gasteiger partial charge in [-0.05, 0) is 19.1 Å². The summed E-state index contributed by atoms with van der Waals surface area (Å²) in [5.41, 5.74) is 3.26. The maximum atomic E-state index is 5.89. The van der Waals surface area contributed by atoms with Gasteiger partial charge in [0.2, 0.25) is 0 Å². The Morgan fingerprint density at radius 3 is 2.43 bits per heavy atom. The molecule has 0 fully saturated rings. The molecule has 0 aliphatic rings. The number of hydrogen-bond acceptors (Lipinski definition) is 1. The molecule has 0 radical (unpaired) electrons. The summed E-state index contributed by atoms with van der Waals surface area (Å²) in [6.45, 7) is 2.06. The molecule has 0 bridgehead atoms. The average Bonchev–Trinajstić information content (AvgIpc) is 2.19. The lowest BCUT2D eigenvalue weighted by Gasteiger charge is -2.01. The molecule has 70 valence electrons. The van der Waals surface area contributed by atoms with Crippen molar-refractivity contribution in [1.82, 2.24) is 4.98 Å². The predicted molar refractivity (Wildman–Crippen MR) is 59.4 cm³/mol. The van der Waals surface area contributed by atoms with Crippen molar-refractivity contribution in [3.63, 3.8) is 0 Å². The van der Waals surface area contributed by atoms with Gasteiger partial charge in [-0.3, -0.25) is 4.98 Å². The predicted octanol–water partition coefficient (Wildman–Crippen LogP) is 3.71. The van der Waals surface area contributed by atoms with Crippen molar-refractivity contribution >= 4 is 11.6 Å². The first-order valence-electron chi connectivity index (χ1n) is 4.44. The van der Waals surface area contributed by atoms with E-state index in [4.69, 9.17) is 11.6 Å². The summed E-state index contributed by atoms with van der Waals surface area (Å²) in [4.78, 5) is 4.26. The molecule has 2 rings (SSSR count). The molecular weight excluding hydrogens is 194 g/mol. The molecule has 1 aromatic heterocycles. The Kier molecular flexibility index (Phi) is 2.51. The fourth-order valence-electron chi connectivity index (χ4n) is 1.29. The molecule has 0 saturated heterocycles. The standard InChI is InChI=1S/C12H10ClN/c1-9-2-4-10(5-3-9)12-8-11(13)6-7-14-12/h2-8H,1H3. The Bertz CT molecular complexity index is 434. The van der Waals surface area contributed by atoms with Crippen molar-refractivity contribution in [2.45, 2.75) is 6.92 Å². The number of nitrogens with zero attached hydrogens (tertiary/aromatic N) is 1. The van der Waals surface area contributed by atoms with Crippen LogP contribution in [-0.2, 0) is 0 Å². The third kappa shape index (κ3) is 1.94. The van der Waals surface area contributed by atoms with Gasteiger partial charge >= 0.3 is 0 Å². The highest BCUT2D eigenvalue weighted by Crippen LogP contribution is 2.20. The van der Waals surface area contributed by atoms with Crippen molar-refractivity contribution in [2.75, 3.05) is 0 Å². The number of aromatic nitrogens is 1. The van der Waals surface area contributed by atoms with Gasteiger partial charge in [-0.1, -0.05) is 41.4 Å². The van der Waals surface area contributed by atoms with Crippen molar-refractivity contribution in [1.29, 1.82) is 0 Å². The molecule has 0 amide bonds. The first-order valence-corrected chi connectivity index (χ1v) is 4.82. The number of benzene rings is 1. The highest BCUT2D eigenvalue weighted by molar-refractivity contribution is 6.30. The van der Waals surface area contributed by atoms with E-state index in [0.717, 1.165) is 16.3 Å². The summed E-state index contributed by atoms with van der Waals surface area (Å²) < 4.78 is 0. The molecule has 14 heavy (non-hydrogen) atoms. The third-order valence-electron chi connectivity index (χ3n) is 2.07. The summed E-state index contributed by atoms with van der Waals surface area (Å²) in [6, 6.07) is 11.9. The second-order valence-electron chi connectivity index (χ2n) is 3.23. The SMILES string of the molecule is Cc1ccc(-c2cc(Cl)ccn2)cc1. The molecule has 0 atom stereocenters. The maximum Gasteiger partial charge on any atom is 0.0716 e. The minimum atomic E-state index is 0.718. The van der Waals surface area contributed by atoms with E-state index in [1.54, 1.807) is 12.3 Å². The van der Waals surface area contributed by atoms with Crippen LogP contribution in [0.5, 0.6) is 0 Å². The number of hydrogen-bond donors (Lipinski definition) is 0. The van der Waals surface area contributed by atoms with E-state index >= 15 is 0 Å². The van der Waals surface area contributed by atoms with E-state index in [-0.39, 0.29) is 0 Å². The van der Waals surface area contributed by atoms with Crippen LogP contribution in [0.4, 0.5) is 0 Å². The molecule has 1 nitrogen and oxygen atoms in total. The van der Waals surface area contributed by atoms with Gasteiger partial charge in [0.15, 0.2) is 0 Å².